The van der Waals surface area contributed by atoms with E-state index in [1.165, 1.54) is 30.4 Å². The van der Waals surface area contributed by atoms with Crippen LogP contribution in [0.4, 0.5) is 0 Å². The van der Waals surface area contributed by atoms with Crippen LogP contribution in [-0.4, -0.2) is 47.8 Å². The fourth-order valence-corrected chi connectivity index (χ4v) is 7.24. The predicted molar refractivity (Wildman–Crippen MR) is 118 cm³/mol. The number of benzene rings is 1. The third-order valence-electron chi connectivity index (χ3n) is 8.38. The summed E-state index contributed by atoms with van der Waals surface area (Å²) in [5, 5.41) is 0. The minimum absolute atomic E-state index is 0.0562. The van der Waals surface area contributed by atoms with E-state index < -0.39 is 0 Å². The van der Waals surface area contributed by atoms with E-state index in [1.54, 1.807) is 0 Å². The highest BCUT2D eigenvalue weighted by molar-refractivity contribution is 5.83. The molecule has 1 aliphatic heterocycles. The number of amides is 2. The molecule has 1 heterocycles. The fraction of sp³-hybridized carbons (Fsp3) is 0.692. The van der Waals surface area contributed by atoms with E-state index in [-0.39, 0.29) is 11.3 Å². The predicted octanol–water partition coefficient (Wildman–Crippen LogP) is 4.20. The molecule has 4 nitrogen and oxygen atoms in total. The second-order valence-corrected chi connectivity index (χ2v) is 10.7. The summed E-state index contributed by atoms with van der Waals surface area (Å²) < 4.78 is 0. The van der Waals surface area contributed by atoms with Gasteiger partial charge in [-0.2, -0.15) is 0 Å². The smallest absolute Gasteiger partial charge is 0.228 e. The van der Waals surface area contributed by atoms with Gasteiger partial charge in [-0.15, -0.1) is 0 Å². The first-order chi connectivity index (χ1) is 14.5. The lowest BCUT2D eigenvalue weighted by molar-refractivity contribution is -0.157. The van der Waals surface area contributed by atoms with Crippen LogP contribution in [0.1, 0.15) is 62.5 Å². The average molecular weight is 409 g/mol. The monoisotopic (exact) mass is 408 g/mol. The minimum atomic E-state index is -0.0562. The molecule has 1 aromatic rings. The largest absolute Gasteiger partial charge is 0.341 e. The molecular weight excluding hydrogens is 372 g/mol. The molecule has 4 saturated carbocycles. The molecule has 0 aromatic heterocycles. The van der Waals surface area contributed by atoms with Crippen LogP contribution in [0.2, 0.25) is 0 Å². The van der Waals surface area contributed by atoms with E-state index in [1.807, 2.05) is 4.90 Å². The van der Waals surface area contributed by atoms with Gasteiger partial charge >= 0.3 is 0 Å². The number of aryl methyl sites for hydroxylation is 2. The highest BCUT2D eigenvalue weighted by atomic mass is 16.2. The van der Waals surface area contributed by atoms with Crippen LogP contribution < -0.4 is 0 Å². The average Bonchev–Trinajstić information content (AvgIpc) is 2.98. The maximum Gasteiger partial charge on any atom is 0.228 e. The van der Waals surface area contributed by atoms with E-state index >= 15 is 0 Å². The third-order valence-corrected chi connectivity index (χ3v) is 8.38. The topological polar surface area (TPSA) is 40.6 Å². The SMILES string of the molecule is Cc1ccc(CCC(=O)N2CCCN(C(=O)C34CC5CC(CC(C5)C3)C4)CC2)cc1. The van der Waals surface area contributed by atoms with Crippen molar-refractivity contribution >= 4 is 11.8 Å². The molecule has 30 heavy (non-hydrogen) atoms. The van der Waals surface area contributed by atoms with Gasteiger partial charge in [-0.25, -0.2) is 0 Å². The Kier molecular flexibility index (Phi) is 5.37. The van der Waals surface area contributed by atoms with Crippen LogP contribution in [0, 0.1) is 30.1 Å². The molecule has 4 bridgehead atoms. The quantitative estimate of drug-likeness (QED) is 0.749. The van der Waals surface area contributed by atoms with E-state index in [9.17, 15) is 9.59 Å². The van der Waals surface area contributed by atoms with Gasteiger partial charge in [-0.05, 0) is 81.6 Å². The summed E-state index contributed by atoms with van der Waals surface area (Å²) in [5.74, 6) is 3.06. The lowest BCUT2D eigenvalue weighted by Crippen LogP contribution is -2.55. The first-order valence-electron chi connectivity index (χ1n) is 12.1. The Morgan fingerprint density at radius 3 is 2.07 bits per heavy atom. The summed E-state index contributed by atoms with van der Waals surface area (Å²) in [4.78, 5) is 30.6. The van der Waals surface area contributed by atoms with Gasteiger partial charge in [0, 0.05) is 32.6 Å². The van der Waals surface area contributed by atoms with Crippen molar-refractivity contribution in [3.05, 3.63) is 35.4 Å². The zero-order chi connectivity index (χ0) is 20.7. The van der Waals surface area contributed by atoms with Crippen LogP contribution in [-0.2, 0) is 16.0 Å². The molecule has 1 saturated heterocycles. The van der Waals surface area contributed by atoms with Crippen molar-refractivity contribution in [2.24, 2.45) is 23.2 Å². The Balaban J connectivity index is 1.17. The molecule has 162 valence electrons. The first kappa shape index (κ1) is 20.1. The van der Waals surface area contributed by atoms with Crippen molar-refractivity contribution in [3.63, 3.8) is 0 Å². The van der Waals surface area contributed by atoms with Gasteiger partial charge in [-0.1, -0.05) is 29.8 Å². The van der Waals surface area contributed by atoms with Crippen molar-refractivity contribution in [3.8, 4) is 0 Å². The van der Waals surface area contributed by atoms with Crippen LogP contribution >= 0.6 is 0 Å². The zero-order valence-corrected chi connectivity index (χ0v) is 18.4. The molecule has 4 aliphatic carbocycles. The molecular formula is C26H36N2O2. The highest BCUT2D eigenvalue weighted by Crippen LogP contribution is 2.60. The molecule has 0 unspecified atom stereocenters. The van der Waals surface area contributed by atoms with Crippen molar-refractivity contribution in [2.75, 3.05) is 26.2 Å². The lowest BCUT2D eigenvalue weighted by atomic mass is 9.49. The van der Waals surface area contributed by atoms with E-state index in [0.29, 0.717) is 18.9 Å². The molecule has 6 rings (SSSR count). The molecule has 0 radical (unpaired) electrons. The fourth-order valence-electron chi connectivity index (χ4n) is 7.24. The summed E-state index contributed by atoms with van der Waals surface area (Å²) in [6.45, 7) is 5.12. The Bertz CT molecular complexity index is 764. The summed E-state index contributed by atoms with van der Waals surface area (Å²) in [6, 6.07) is 8.47. The summed E-state index contributed by atoms with van der Waals surface area (Å²) >= 11 is 0. The summed E-state index contributed by atoms with van der Waals surface area (Å²) in [7, 11) is 0. The van der Waals surface area contributed by atoms with Crippen molar-refractivity contribution < 1.29 is 9.59 Å². The van der Waals surface area contributed by atoms with Crippen LogP contribution in [0.3, 0.4) is 0 Å². The Morgan fingerprint density at radius 1 is 0.867 bits per heavy atom. The third kappa shape index (κ3) is 3.90. The molecule has 0 atom stereocenters. The van der Waals surface area contributed by atoms with Crippen molar-refractivity contribution in [2.45, 2.75) is 64.7 Å². The summed E-state index contributed by atoms with van der Waals surface area (Å²) in [5.41, 5.74) is 2.42. The molecule has 4 heteroatoms. The first-order valence-corrected chi connectivity index (χ1v) is 12.1. The van der Waals surface area contributed by atoms with E-state index in [2.05, 4.69) is 36.1 Å². The number of hydrogen-bond donors (Lipinski definition) is 0. The van der Waals surface area contributed by atoms with Gasteiger partial charge in [-0.3, -0.25) is 9.59 Å². The number of rotatable bonds is 4. The van der Waals surface area contributed by atoms with E-state index in [4.69, 9.17) is 0 Å². The highest BCUT2D eigenvalue weighted by Gasteiger charge is 2.55. The number of hydrogen-bond acceptors (Lipinski definition) is 2. The minimum Gasteiger partial charge on any atom is -0.341 e. The Morgan fingerprint density at radius 2 is 1.43 bits per heavy atom. The van der Waals surface area contributed by atoms with Crippen LogP contribution in [0.15, 0.2) is 24.3 Å². The summed E-state index contributed by atoms with van der Waals surface area (Å²) in [6.07, 6.45) is 9.78. The van der Waals surface area contributed by atoms with Crippen molar-refractivity contribution in [1.82, 2.24) is 9.80 Å². The Labute approximate surface area is 181 Å². The number of carbonyl (C=O) groups is 2. The van der Waals surface area contributed by atoms with E-state index in [0.717, 1.165) is 69.5 Å². The maximum absolute atomic E-state index is 13.6. The molecule has 5 aliphatic rings. The van der Waals surface area contributed by atoms with Gasteiger partial charge < -0.3 is 9.80 Å². The normalized spacial score (nSPS) is 32.9. The second kappa shape index (κ2) is 8.01. The second-order valence-electron chi connectivity index (χ2n) is 10.7. The van der Waals surface area contributed by atoms with Gasteiger partial charge in [0.15, 0.2) is 0 Å². The van der Waals surface area contributed by atoms with Gasteiger partial charge in [0.05, 0.1) is 5.41 Å². The molecule has 2 amide bonds. The molecule has 0 N–H and O–H groups in total. The maximum atomic E-state index is 13.6. The lowest BCUT2D eigenvalue weighted by Gasteiger charge is -2.56. The van der Waals surface area contributed by atoms with Crippen LogP contribution in [0.25, 0.3) is 0 Å². The number of nitrogens with zero attached hydrogens (tertiary/aromatic N) is 2. The number of carbonyl (C=O) groups excluding carboxylic acids is 2. The zero-order valence-electron chi connectivity index (χ0n) is 18.4. The Hall–Kier alpha value is -1.84. The van der Waals surface area contributed by atoms with Crippen LogP contribution in [0.5, 0.6) is 0 Å². The molecule has 5 fully saturated rings. The molecule has 1 aromatic carbocycles. The van der Waals surface area contributed by atoms with Crippen molar-refractivity contribution in [1.29, 1.82) is 0 Å². The standard InChI is InChI=1S/C26H36N2O2/c1-19-3-5-20(6-4-19)7-8-24(29)27-9-2-10-28(12-11-27)25(30)26-16-21-13-22(17-26)15-23(14-21)18-26/h3-6,21-23H,2,7-18H2,1H3. The van der Waals surface area contributed by atoms with Gasteiger partial charge in [0.1, 0.15) is 0 Å². The van der Waals surface area contributed by atoms with Gasteiger partial charge in [0.25, 0.3) is 0 Å². The van der Waals surface area contributed by atoms with Gasteiger partial charge in [0.2, 0.25) is 11.8 Å². The molecule has 0 spiro atoms.